The molecule has 2 N–H and O–H groups in total. The van der Waals surface area contributed by atoms with Crippen molar-refractivity contribution in [2.24, 2.45) is 0 Å². The van der Waals surface area contributed by atoms with E-state index in [0.717, 1.165) is 22.8 Å². The van der Waals surface area contributed by atoms with Crippen molar-refractivity contribution in [2.75, 3.05) is 11.1 Å². The van der Waals surface area contributed by atoms with Gasteiger partial charge in [0.2, 0.25) is 5.91 Å². The third-order valence-corrected chi connectivity index (χ3v) is 5.50. The summed E-state index contributed by atoms with van der Waals surface area (Å²) in [6.45, 7) is 4.15. The predicted octanol–water partition coefficient (Wildman–Crippen LogP) is 4.01. The molecule has 0 radical (unpaired) electrons. The number of rotatable bonds is 6. The number of anilines is 1. The zero-order valence-corrected chi connectivity index (χ0v) is 16.9. The Morgan fingerprint density at radius 2 is 1.97 bits per heavy atom. The fourth-order valence-electron chi connectivity index (χ4n) is 2.84. The first-order valence-electron chi connectivity index (χ1n) is 9.10. The molecular weight excluding hydrogens is 384 g/mol. The molecule has 0 saturated carbocycles. The number of imidazole rings is 1. The summed E-state index contributed by atoms with van der Waals surface area (Å²) in [5.74, 6) is 0.934. The van der Waals surface area contributed by atoms with Gasteiger partial charge >= 0.3 is 0 Å². The molecule has 0 atom stereocenters. The zero-order valence-electron chi connectivity index (χ0n) is 16.1. The lowest BCUT2D eigenvalue weighted by Gasteiger charge is -2.09. The number of nitrogens with zero attached hydrogens (tertiary/aromatic N) is 4. The molecule has 2 aromatic carbocycles. The van der Waals surface area contributed by atoms with Crippen LogP contribution in [-0.2, 0) is 4.79 Å². The van der Waals surface area contributed by atoms with Crippen LogP contribution in [0.15, 0.2) is 66.3 Å². The second kappa shape index (κ2) is 8.32. The Morgan fingerprint density at radius 3 is 2.69 bits per heavy atom. The molecule has 0 unspecified atom stereocenters. The topological polar surface area (TPSA) is 88.5 Å². The largest absolute Gasteiger partial charge is 0.345 e. The number of thioether (sulfide) groups is 1. The van der Waals surface area contributed by atoms with Gasteiger partial charge in [0.25, 0.3) is 0 Å². The van der Waals surface area contributed by atoms with Gasteiger partial charge < -0.3 is 10.3 Å². The van der Waals surface area contributed by atoms with E-state index in [-0.39, 0.29) is 11.7 Å². The molecule has 0 fully saturated rings. The highest BCUT2D eigenvalue weighted by Crippen LogP contribution is 2.22. The fourth-order valence-corrected chi connectivity index (χ4v) is 3.57. The number of hydrogen-bond acceptors (Lipinski definition) is 5. The van der Waals surface area contributed by atoms with Gasteiger partial charge in [-0.3, -0.25) is 9.36 Å². The Kier molecular flexibility index (Phi) is 5.44. The maximum atomic E-state index is 12.4. The highest BCUT2D eigenvalue weighted by molar-refractivity contribution is 7.99. The number of H-pyrrole nitrogens is 1. The lowest BCUT2D eigenvalue weighted by Crippen LogP contribution is -2.14. The molecule has 4 aromatic rings. The molecule has 0 spiro atoms. The van der Waals surface area contributed by atoms with Gasteiger partial charge in [-0.15, -0.1) is 10.2 Å². The molecule has 7 nitrogen and oxygen atoms in total. The third-order valence-electron chi connectivity index (χ3n) is 4.56. The first kappa shape index (κ1) is 18.9. The maximum Gasteiger partial charge on any atom is 0.234 e. The van der Waals surface area contributed by atoms with E-state index in [1.54, 1.807) is 18.7 Å². The molecule has 0 aliphatic carbocycles. The number of aromatic nitrogens is 5. The molecule has 0 aliphatic rings. The molecule has 0 aliphatic heterocycles. The van der Waals surface area contributed by atoms with Crippen LogP contribution in [0.4, 0.5) is 5.69 Å². The van der Waals surface area contributed by atoms with E-state index in [9.17, 15) is 4.79 Å². The van der Waals surface area contributed by atoms with Crippen LogP contribution in [0.2, 0.25) is 0 Å². The number of carbonyl (C=O) groups is 1. The second-order valence-corrected chi connectivity index (χ2v) is 7.55. The van der Waals surface area contributed by atoms with Crippen LogP contribution in [0.25, 0.3) is 17.1 Å². The van der Waals surface area contributed by atoms with E-state index < -0.39 is 0 Å². The standard InChI is InChI=1S/C21H20N6OS/c1-14-3-8-18(11-15(14)2)27-13-24-26-21(27)29-12-19(28)25-17-6-4-16(5-7-17)20-22-9-10-23-20/h3-11,13H,12H2,1-2H3,(H,22,23)(H,25,28). The lowest BCUT2D eigenvalue weighted by atomic mass is 10.1. The van der Waals surface area contributed by atoms with Crippen LogP contribution in [0.5, 0.6) is 0 Å². The maximum absolute atomic E-state index is 12.4. The molecule has 0 bridgehead atoms. The molecule has 29 heavy (non-hydrogen) atoms. The molecular formula is C21H20N6OS. The van der Waals surface area contributed by atoms with Crippen LogP contribution < -0.4 is 5.32 Å². The van der Waals surface area contributed by atoms with E-state index in [1.165, 1.54) is 22.9 Å². The highest BCUT2D eigenvalue weighted by atomic mass is 32.2. The number of hydrogen-bond donors (Lipinski definition) is 2. The van der Waals surface area contributed by atoms with Gasteiger partial charge in [0.1, 0.15) is 12.2 Å². The van der Waals surface area contributed by atoms with E-state index >= 15 is 0 Å². The van der Waals surface area contributed by atoms with Crippen molar-refractivity contribution in [3.05, 3.63) is 72.3 Å². The summed E-state index contributed by atoms with van der Waals surface area (Å²) in [6, 6.07) is 13.7. The van der Waals surface area contributed by atoms with Crippen molar-refractivity contribution in [3.63, 3.8) is 0 Å². The predicted molar refractivity (Wildman–Crippen MR) is 114 cm³/mol. The number of aromatic amines is 1. The Morgan fingerprint density at radius 1 is 1.14 bits per heavy atom. The first-order valence-corrected chi connectivity index (χ1v) is 10.1. The summed E-state index contributed by atoms with van der Waals surface area (Å²) in [6.07, 6.45) is 5.15. The van der Waals surface area contributed by atoms with Gasteiger partial charge in [-0.25, -0.2) is 4.98 Å². The number of amides is 1. The van der Waals surface area contributed by atoms with E-state index in [4.69, 9.17) is 0 Å². The van der Waals surface area contributed by atoms with Gasteiger partial charge in [0.05, 0.1) is 5.75 Å². The van der Waals surface area contributed by atoms with Crippen molar-refractivity contribution in [3.8, 4) is 17.1 Å². The van der Waals surface area contributed by atoms with Gasteiger partial charge in [0.15, 0.2) is 5.16 Å². The summed E-state index contributed by atoms with van der Waals surface area (Å²) in [7, 11) is 0. The van der Waals surface area contributed by atoms with Crippen molar-refractivity contribution in [2.45, 2.75) is 19.0 Å². The Labute approximate surface area is 172 Å². The summed E-state index contributed by atoms with van der Waals surface area (Å²) in [5, 5.41) is 11.7. The quantitative estimate of drug-likeness (QED) is 0.474. The Balaban J connectivity index is 1.38. The second-order valence-electron chi connectivity index (χ2n) is 6.60. The summed E-state index contributed by atoms with van der Waals surface area (Å²) >= 11 is 1.35. The lowest BCUT2D eigenvalue weighted by molar-refractivity contribution is -0.113. The number of carbonyl (C=O) groups excluding carboxylic acids is 1. The fraction of sp³-hybridized carbons (Fsp3) is 0.143. The van der Waals surface area contributed by atoms with Crippen molar-refractivity contribution >= 4 is 23.4 Å². The zero-order chi connectivity index (χ0) is 20.2. The molecule has 2 heterocycles. The minimum absolute atomic E-state index is 0.101. The van der Waals surface area contributed by atoms with Crippen LogP contribution in [0, 0.1) is 13.8 Å². The molecule has 0 saturated heterocycles. The monoisotopic (exact) mass is 404 g/mol. The summed E-state index contributed by atoms with van der Waals surface area (Å²) in [4.78, 5) is 19.6. The minimum atomic E-state index is -0.101. The SMILES string of the molecule is Cc1ccc(-n2cnnc2SCC(=O)Nc2ccc(-c3ncc[nH]3)cc2)cc1C. The van der Waals surface area contributed by atoms with Crippen LogP contribution >= 0.6 is 11.8 Å². The highest BCUT2D eigenvalue weighted by Gasteiger charge is 2.11. The van der Waals surface area contributed by atoms with Crippen LogP contribution in [0.3, 0.4) is 0 Å². The minimum Gasteiger partial charge on any atom is -0.345 e. The molecule has 8 heteroatoms. The van der Waals surface area contributed by atoms with E-state index in [1.807, 2.05) is 34.9 Å². The van der Waals surface area contributed by atoms with Crippen LogP contribution in [-0.4, -0.2) is 36.4 Å². The van der Waals surface area contributed by atoms with Gasteiger partial charge in [-0.2, -0.15) is 0 Å². The van der Waals surface area contributed by atoms with E-state index in [0.29, 0.717) is 5.16 Å². The first-order chi connectivity index (χ1) is 14.1. The van der Waals surface area contributed by atoms with Crippen molar-refractivity contribution < 1.29 is 4.79 Å². The van der Waals surface area contributed by atoms with Crippen LogP contribution in [0.1, 0.15) is 11.1 Å². The van der Waals surface area contributed by atoms with Gasteiger partial charge in [-0.05, 0) is 61.4 Å². The smallest absolute Gasteiger partial charge is 0.234 e. The Bertz CT molecular complexity index is 1120. The number of nitrogens with one attached hydrogen (secondary N) is 2. The van der Waals surface area contributed by atoms with E-state index in [2.05, 4.69) is 51.5 Å². The summed E-state index contributed by atoms with van der Waals surface area (Å²) in [5.41, 5.74) is 5.11. The van der Waals surface area contributed by atoms with Gasteiger partial charge in [-0.1, -0.05) is 17.8 Å². The molecule has 2 aromatic heterocycles. The van der Waals surface area contributed by atoms with Crippen molar-refractivity contribution in [1.82, 2.24) is 24.7 Å². The average Bonchev–Trinajstić information content (AvgIpc) is 3.41. The molecule has 1 amide bonds. The van der Waals surface area contributed by atoms with Crippen molar-refractivity contribution in [1.29, 1.82) is 0 Å². The number of benzene rings is 2. The van der Waals surface area contributed by atoms with Gasteiger partial charge in [0, 0.05) is 29.3 Å². The number of aryl methyl sites for hydroxylation is 2. The Hall–Kier alpha value is -3.39. The molecule has 146 valence electrons. The summed E-state index contributed by atoms with van der Waals surface area (Å²) < 4.78 is 1.89. The normalized spacial score (nSPS) is 10.8. The third kappa shape index (κ3) is 4.38. The average molecular weight is 404 g/mol. The molecule has 4 rings (SSSR count).